The number of rotatable bonds is 11. The van der Waals surface area contributed by atoms with Gasteiger partial charge in [-0.25, -0.2) is 0 Å². The van der Waals surface area contributed by atoms with E-state index in [-0.39, 0.29) is 34.8 Å². The second-order valence-electron chi connectivity index (χ2n) is 11.2. The van der Waals surface area contributed by atoms with Crippen LogP contribution >= 0.6 is 0 Å². The Labute approximate surface area is 185 Å². The van der Waals surface area contributed by atoms with Gasteiger partial charge in [-0.3, -0.25) is 0 Å². The molecule has 30 heavy (non-hydrogen) atoms. The second-order valence-corrected chi connectivity index (χ2v) is 11.2. The molecule has 0 saturated heterocycles. The third-order valence-electron chi connectivity index (χ3n) is 6.76. The summed E-state index contributed by atoms with van der Waals surface area (Å²) in [7, 11) is 0. The summed E-state index contributed by atoms with van der Waals surface area (Å²) in [6, 6.07) is 0. The van der Waals surface area contributed by atoms with Crippen molar-refractivity contribution in [3.05, 3.63) is 36.1 Å². The molecular weight excluding hydrogens is 376 g/mol. The summed E-state index contributed by atoms with van der Waals surface area (Å²) in [5.74, 6) is -0.0471. The van der Waals surface area contributed by atoms with Gasteiger partial charge in [0, 0.05) is 17.8 Å². The third-order valence-corrected chi connectivity index (χ3v) is 6.76. The molecule has 0 bridgehead atoms. The van der Waals surface area contributed by atoms with E-state index in [1.165, 1.54) is 0 Å². The Balaban J connectivity index is 6.17. The van der Waals surface area contributed by atoms with Crippen LogP contribution in [0, 0.1) is 28.1 Å². The van der Waals surface area contributed by atoms with Crippen LogP contribution < -0.4 is 0 Å². The van der Waals surface area contributed by atoms with Gasteiger partial charge in [0.2, 0.25) is 0 Å². The summed E-state index contributed by atoms with van der Waals surface area (Å²) in [5.41, 5.74) is 0.855. The molecule has 0 saturated carbocycles. The highest BCUT2D eigenvalue weighted by Gasteiger charge is 2.40. The van der Waals surface area contributed by atoms with E-state index in [0.717, 1.165) is 11.1 Å². The first kappa shape index (κ1) is 28.9. The van der Waals surface area contributed by atoms with E-state index in [1.807, 2.05) is 26.8 Å². The first-order valence-electron chi connectivity index (χ1n) is 11.2. The topological polar surface area (TPSA) is 80.9 Å². The zero-order chi connectivity index (χ0) is 24.1. The van der Waals surface area contributed by atoms with Crippen LogP contribution in [0.3, 0.4) is 0 Å². The minimum absolute atomic E-state index is 0.00510. The third kappa shape index (κ3) is 7.86. The molecule has 0 rings (SSSR count). The van der Waals surface area contributed by atoms with E-state index in [4.69, 9.17) is 0 Å². The van der Waals surface area contributed by atoms with E-state index in [0.29, 0.717) is 19.3 Å². The van der Waals surface area contributed by atoms with E-state index in [2.05, 4.69) is 54.7 Å². The smallest absolute Gasteiger partial charge is 0.152 e. The van der Waals surface area contributed by atoms with Crippen LogP contribution in [0.5, 0.6) is 0 Å². The summed E-state index contributed by atoms with van der Waals surface area (Å²) in [5, 5.41) is 40.7. The lowest BCUT2D eigenvalue weighted by Gasteiger charge is -2.42. The van der Waals surface area contributed by atoms with Crippen molar-refractivity contribution in [1.82, 2.24) is 0 Å². The standard InChI is InChI=1S/C26H48O4/c1-12-19(15-20(18(4)27)24(5,6)7)26(11,16-23(29)30)17(3)14-21(22(28)13-2)25(8,9)10/h12,20-23,27-30H,3-4,13-16H2,1-2,5-11H3/b19-12+. The lowest BCUT2D eigenvalue weighted by atomic mass is 9.63. The van der Waals surface area contributed by atoms with Crippen molar-refractivity contribution in [3.8, 4) is 0 Å². The van der Waals surface area contributed by atoms with Crippen LogP contribution in [-0.2, 0) is 0 Å². The van der Waals surface area contributed by atoms with Gasteiger partial charge in [-0.2, -0.15) is 0 Å². The molecule has 0 heterocycles. The van der Waals surface area contributed by atoms with E-state index >= 15 is 0 Å². The first-order valence-corrected chi connectivity index (χ1v) is 11.2. The average molecular weight is 425 g/mol. The van der Waals surface area contributed by atoms with E-state index < -0.39 is 17.8 Å². The lowest BCUT2D eigenvalue weighted by molar-refractivity contribution is -0.0621. The summed E-state index contributed by atoms with van der Waals surface area (Å²) >= 11 is 0. The van der Waals surface area contributed by atoms with Gasteiger partial charge in [0.15, 0.2) is 6.29 Å². The monoisotopic (exact) mass is 424 g/mol. The molecule has 0 radical (unpaired) electrons. The minimum atomic E-state index is -1.49. The number of aliphatic hydroxyl groups is 4. The SMILES string of the molecule is C=C(O)C(C/C(=C\C)C(C)(CC(O)O)C(=C)CC(C(O)CC)C(C)(C)C)C(C)(C)C. The van der Waals surface area contributed by atoms with Crippen LogP contribution in [0.25, 0.3) is 0 Å². The van der Waals surface area contributed by atoms with Gasteiger partial charge < -0.3 is 20.4 Å². The molecule has 0 aliphatic heterocycles. The molecule has 0 fully saturated rings. The van der Waals surface area contributed by atoms with E-state index in [1.54, 1.807) is 0 Å². The summed E-state index contributed by atoms with van der Waals surface area (Å²) in [6.07, 6.45) is 1.95. The van der Waals surface area contributed by atoms with Crippen LogP contribution in [-0.4, -0.2) is 32.8 Å². The molecule has 0 aliphatic rings. The molecule has 0 spiro atoms. The highest BCUT2D eigenvalue weighted by Crippen LogP contribution is 2.49. The van der Waals surface area contributed by atoms with Crippen LogP contribution in [0.15, 0.2) is 36.1 Å². The van der Waals surface area contributed by atoms with Crippen molar-refractivity contribution in [3.63, 3.8) is 0 Å². The Morgan fingerprint density at radius 3 is 1.70 bits per heavy atom. The second kappa shape index (κ2) is 11.0. The molecule has 4 unspecified atom stereocenters. The Morgan fingerprint density at radius 2 is 1.40 bits per heavy atom. The van der Waals surface area contributed by atoms with Crippen molar-refractivity contribution in [1.29, 1.82) is 0 Å². The van der Waals surface area contributed by atoms with Crippen molar-refractivity contribution >= 4 is 0 Å². The molecule has 4 N–H and O–H groups in total. The molecule has 176 valence electrons. The zero-order valence-electron chi connectivity index (χ0n) is 20.9. The van der Waals surface area contributed by atoms with Crippen LogP contribution in [0.2, 0.25) is 0 Å². The molecule has 4 atom stereocenters. The number of hydrogen-bond donors (Lipinski definition) is 4. The maximum atomic E-state index is 10.7. The molecule has 0 aromatic heterocycles. The van der Waals surface area contributed by atoms with Crippen LogP contribution in [0.4, 0.5) is 0 Å². The Bertz CT molecular complexity index is 604. The van der Waals surface area contributed by atoms with Gasteiger partial charge in [-0.1, -0.05) is 85.8 Å². The van der Waals surface area contributed by atoms with Crippen LogP contribution in [0.1, 0.15) is 88.0 Å². The van der Waals surface area contributed by atoms with Gasteiger partial charge in [0.05, 0.1) is 11.9 Å². The Hall–Kier alpha value is -1.10. The molecular formula is C26H48O4. The minimum Gasteiger partial charge on any atom is -0.513 e. The summed E-state index contributed by atoms with van der Waals surface area (Å²) in [6.45, 7) is 26.6. The summed E-state index contributed by atoms with van der Waals surface area (Å²) < 4.78 is 0. The fourth-order valence-corrected chi connectivity index (χ4v) is 4.47. The van der Waals surface area contributed by atoms with Crippen molar-refractivity contribution in [2.45, 2.75) is 100 Å². The Kier molecular flexibility index (Phi) is 10.6. The van der Waals surface area contributed by atoms with Gasteiger partial charge in [0.25, 0.3) is 0 Å². The van der Waals surface area contributed by atoms with Gasteiger partial charge >= 0.3 is 0 Å². The van der Waals surface area contributed by atoms with E-state index in [9.17, 15) is 20.4 Å². The van der Waals surface area contributed by atoms with Crippen molar-refractivity contribution in [2.75, 3.05) is 0 Å². The molecule has 0 aliphatic carbocycles. The normalized spacial score (nSPS) is 18.6. The quantitative estimate of drug-likeness (QED) is 0.182. The fourth-order valence-electron chi connectivity index (χ4n) is 4.47. The largest absolute Gasteiger partial charge is 0.513 e. The number of hydrogen-bond acceptors (Lipinski definition) is 4. The molecule has 0 aromatic carbocycles. The van der Waals surface area contributed by atoms with Crippen molar-refractivity contribution in [2.24, 2.45) is 28.1 Å². The predicted molar refractivity (Wildman–Crippen MR) is 127 cm³/mol. The lowest BCUT2D eigenvalue weighted by Crippen LogP contribution is -2.36. The maximum absolute atomic E-state index is 10.7. The first-order chi connectivity index (χ1) is 13.4. The maximum Gasteiger partial charge on any atom is 0.152 e. The van der Waals surface area contributed by atoms with Crippen molar-refractivity contribution < 1.29 is 20.4 Å². The highest BCUT2D eigenvalue weighted by molar-refractivity contribution is 5.29. The molecule has 0 amide bonds. The van der Waals surface area contributed by atoms with Gasteiger partial charge in [-0.05, 0) is 42.9 Å². The van der Waals surface area contributed by atoms with Gasteiger partial charge in [0.1, 0.15) is 0 Å². The average Bonchev–Trinajstić information content (AvgIpc) is 2.55. The Morgan fingerprint density at radius 1 is 0.900 bits per heavy atom. The number of allylic oxidation sites excluding steroid dienone is 4. The fraction of sp³-hybridized carbons (Fsp3) is 0.769. The molecule has 4 heteroatoms. The predicted octanol–water partition coefficient (Wildman–Crippen LogP) is 6.14. The molecule has 0 aromatic rings. The number of aliphatic hydroxyl groups excluding tert-OH is 3. The molecule has 4 nitrogen and oxygen atoms in total. The van der Waals surface area contributed by atoms with Gasteiger partial charge in [-0.15, -0.1) is 0 Å². The zero-order valence-corrected chi connectivity index (χ0v) is 20.9. The highest BCUT2D eigenvalue weighted by atomic mass is 16.5. The summed E-state index contributed by atoms with van der Waals surface area (Å²) in [4.78, 5) is 0.